The molecule has 24 heavy (non-hydrogen) atoms. The summed E-state index contributed by atoms with van der Waals surface area (Å²) in [6, 6.07) is 15.5. The Morgan fingerprint density at radius 2 is 2.00 bits per heavy atom. The van der Waals surface area contributed by atoms with Crippen LogP contribution in [0.3, 0.4) is 0 Å². The highest BCUT2D eigenvalue weighted by Gasteiger charge is 2.15. The number of primary amides is 1. The first kappa shape index (κ1) is 17.1. The number of imidazole rings is 1. The zero-order valence-electron chi connectivity index (χ0n) is 12.4. The maximum absolute atomic E-state index is 11.1. The zero-order chi connectivity index (χ0) is 17.1. The summed E-state index contributed by atoms with van der Waals surface area (Å²) in [5, 5.41) is 1.32. The third kappa shape index (κ3) is 3.83. The topological polar surface area (TPSA) is 60.9 Å². The van der Waals surface area contributed by atoms with E-state index in [0.29, 0.717) is 10.2 Å². The molecule has 4 nitrogen and oxygen atoms in total. The second kappa shape index (κ2) is 7.42. The van der Waals surface area contributed by atoms with Crippen LogP contribution in [0.15, 0.2) is 64.4 Å². The van der Waals surface area contributed by atoms with Crippen molar-refractivity contribution in [2.75, 3.05) is 5.75 Å². The molecule has 122 valence electrons. The van der Waals surface area contributed by atoms with E-state index in [1.165, 1.54) is 11.8 Å². The largest absolute Gasteiger partial charge is 0.369 e. The second-order valence-electron chi connectivity index (χ2n) is 5.00. The van der Waals surface area contributed by atoms with Gasteiger partial charge in [0.2, 0.25) is 5.91 Å². The number of rotatable bonds is 5. The zero-order valence-corrected chi connectivity index (χ0v) is 15.6. The summed E-state index contributed by atoms with van der Waals surface area (Å²) in [5.41, 5.74) is 8.07. The van der Waals surface area contributed by atoms with Crippen molar-refractivity contribution in [2.45, 2.75) is 5.16 Å². The van der Waals surface area contributed by atoms with E-state index in [1.54, 1.807) is 6.20 Å². The lowest BCUT2D eigenvalue weighted by molar-refractivity contribution is -0.115. The van der Waals surface area contributed by atoms with Crippen LogP contribution in [0.2, 0.25) is 5.02 Å². The van der Waals surface area contributed by atoms with Crippen LogP contribution in [0.5, 0.6) is 0 Å². The summed E-state index contributed by atoms with van der Waals surface area (Å²) >= 11 is 10.9. The minimum absolute atomic E-state index is 0.164. The number of nitrogens with two attached hydrogens (primary N) is 1. The first-order valence-electron chi connectivity index (χ1n) is 7.05. The molecule has 1 heterocycles. The summed E-state index contributed by atoms with van der Waals surface area (Å²) in [6.45, 7) is 0. The Kier molecular flexibility index (Phi) is 5.28. The van der Waals surface area contributed by atoms with Gasteiger partial charge in [0, 0.05) is 20.7 Å². The van der Waals surface area contributed by atoms with E-state index < -0.39 is 0 Å². The number of carbonyl (C=O) groups is 1. The third-order valence-electron chi connectivity index (χ3n) is 3.28. The van der Waals surface area contributed by atoms with Crippen LogP contribution in [0.4, 0.5) is 0 Å². The molecule has 0 atom stereocenters. The Balaban J connectivity index is 2.12. The average Bonchev–Trinajstić information content (AvgIpc) is 2.97. The molecule has 1 amide bonds. The van der Waals surface area contributed by atoms with Crippen LogP contribution in [-0.4, -0.2) is 21.2 Å². The van der Waals surface area contributed by atoms with Crippen molar-refractivity contribution < 1.29 is 4.79 Å². The fraction of sp³-hybridized carbons (Fsp3) is 0.0588. The van der Waals surface area contributed by atoms with E-state index in [0.717, 1.165) is 21.4 Å². The molecular formula is C17H13BrClN3OS. The molecule has 0 fully saturated rings. The summed E-state index contributed by atoms with van der Waals surface area (Å²) in [5.74, 6) is -0.219. The molecule has 0 aliphatic heterocycles. The van der Waals surface area contributed by atoms with Crippen LogP contribution in [0.25, 0.3) is 16.9 Å². The van der Waals surface area contributed by atoms with Crippen LogP contribution >= 0.6 is 39.3 Å². The minimum Gasteiger partial charge on any atom is -0.369 e. The Morgan fingerprint density at radius 3 is 2.67 bits per heavy atom. The molecule has 1 aromatic heterocycles. The normalized spacial score (nSPS) is 10.8. The molecule has 0 saturated heterocycles. The van der Waals surface area contributed by atoms with Gasteiger partial charge in [0.25, 0.3) is 0 Å². The van der Waals surface area contributed by atoms with Gasteiger partial charge < -0.3 is 5.73 Å². The number of nitrogens with zero attached hydrogens (tertiary/aromatic N) is 2. The van der Waals surface area contributed by atoms with Crippen molar-refractivity contribution >= 4 is 45.2 Å². The molecule has 3 aromatic rings. The summed E-state index contributed by atoms with van der Waals surface area (Å²) in [6.07, 6.45) is 1.79. The van der Waals surface area contributed by atoms with Crippen molar-refractivity contribution in [2.24, 2.45) is 5.73 Å². The molecule has 2 N–H and O–H groups in total. The van der Waals surface area contributed by atoms with Gasteiger partial charge in [0.15, 0.2) is 5.16 Å². The molecule has 0 aliphatic carbocycles. The highest BCUT2D eigenvalue weighted by molar-refractivity contribution is 9.10. The van der Waals surface area contributed by atoms with Crippen molar-refractivity contribution in [3.05, 3.63) is 64.2 Å². The lowest BCUT2D eigenvalue weighted by atomic mass is 10.1. The molecular weight excluding hydrogens is 410 g/mol. The summed E-state index contributed by atoms with van der Waals surface area (Å²) in [7, 11) is 0. The molecule has 0 unspecified atom stereocenters. The van der Waals surface area contributed by atoms with E-state index in [9.17, 15) is 4.79 Å². The number of amides is 1. The maximum atomic E-state index is 11.1. The molecule has 0 aliphatic rings. The third-order valence-corrected chi connectivity index (χ3v) is 5.02. The van der Waals surface area contributed by atoms with Gasteiger partial charge in [-0.25, -0.2) is 4.98 Å². The molecule has 0 radical (unpaired) electrons. The van der Waals surface area contributed by atoms with Gasteiger partial charge in [-0.2, -0.15) is 0 Å². The second-order valence-corrected chi connectivity index (χ2v) is 7.30. The number of hydrogen-bond donors (Lipinski definition) is 1. The van der Waals surface area contributed by atoms with Gasteiger partial charge in [-0.15, -0.1) is 0 Å². The van der Waals surface area contributed by atoms with E-state index in [2.05, 4.69) is 20.9 Å². The van der Waals surface area contributed by atoms with Crippen molar-refractivity contribution in [1.82, 2.24) is 9.55 Å². The number of aromatic nitrogens is 2. The molecule has 3 rings (SSSR count). The fourth-order valence-electron chi connectivity index (χ4n) is 2.26. The predicted molar refractivity (Wildman–Crippen MR) is 102 cm³/mol. The summed E-state index contributed by atoms with van der Waals surface area (Å²) < 4.78 is 2.98. The SMILES string of the molecule is NC(=O)CSc1ncc(-c2ccc(Br)cc2)n1-c1cccc(Cl)c1. The highest BCUT2D eigenvalue weighted by atomic mass is 79.9. The van der Waals surface area contributed by atoms with E-state index in [1.807, 2.05) is 53.1 Å². The molecule has 7 heteroatoms. The Bertz CT molecular complexity index is 880. The van der Waals surface area contributed by atoms with Gasteiger partial charge >= 0.3 is 0 Å². The van der Waals surface area contributed by atoms with E-state index >= 15 is 0 Å². The van der Waals surface area contributed by atoms with Gasteiger partial charge in [-0.05, 0) is 30.3 Å². The van der Waals surface area contributed by atoms with Crippen molar-refractivity contribution in [3.8, 4) is 16.9 Å². The molecule has 0 saturated carbocycles. The number of halogens is 2. The predicted octanol–water partition coefficient (Wildman–Crippen LogP) is 4.53. The van der Waals surface area contributed by atoms with Crippen LogP contribution in [0, 0.1) is 0 Å². The standard InChI is InChI=1S/C17H13BrClN3OS/c18-12-6-4-11(5-7-12)15-9-21-17(24-10-16(20)23)22(15)14-3-1-2-13(19)8-14/h1-9H,10H2,(H2,20,23). The lowest BCUT2D eigenvalue weighted by Crippen LogP contribution is -2.13. The van der Waals surface area contributed by atoms with Gasteiger partial charge in [-0.3, -0.25) is 9.36 Å². The molecule has 0 spiro atoms. The maximum Gasteiger partial charge on any atom is 0.227 e. The van der Waals surface area contributed by atoms with E-state index in [-0.39, 0.29) is 11.7 Å². The number of benzene rings is 2. The van der Waals surface area contributed by atoms with Crippen LogP contribution in [0.1, 0.15) is 0 Å². The highest BCUT2D eigenvalue weighted by Crippen LogP contribution is 2.31. The number of thioether (sulfide) groups is 1. The first-order valence-corrected chi connectivity index (χ1v) is 9.21. The van der Waals surface area contributed by atoms with Crippen LogP contribution < -0.4 is 5.73 Å². The monoisotopic (exact) mass is 421 g/mol. The Hall–Kier alpha value is -1.76. The van der Waals surface area contributed by atoms with Crippen molar-refractivity contribution in [1.29, 1.82) is 0 Å². The van der Waals surface area contributed by atoms with Crippen LogP contribution in [-0.2, 0) is 4.79 Å². The number of carbonyl (C=O) groups excluding carboxylic acids is 1. The summed E-state index contributed by atoms with van der Waals surface area (Å²) in [4.78, 5) is 15.6. The van der Waals surface area contributed by atoms with Crippen molar-refractivity contribution in [3.63, 3.8) is 0 Å². The quantitative estimate of drug-likeness (QED) is 0.614. The Morgan fingerprint density at radius 1 is 1.25 bits per heavy atom. The van der Waals surface area contributed by atoms with Gasteiger partial charge in [0.05, 0.1) is 17.6 Å². The minimum atomic E-state index is -0.383. The Labute approximate surface area is 157 Å². The fourth-order valence-corrected chi connectivity index (χ4v) is 3.44. The van der Waals surface area contributed by atoms with Gasteiger partial charge in [-0.1, -0.05) is 57.5 Å². The molecule has 2 aromatic carbocycles. The average molecular weight is 423 g/mol. The smallest absolute Gasteiger partial charge is 0.227 e. The molecule has 0 bridgehead atoms. The lowest BCUT2D eigenvalue weighted by Gasteiger charge is -2.12. The van der Waals surface area contributed by atoms with Gasteiger partial charge in [0.1, 0.15) is 0 Å². The van der Waals surface area contributed by atoms with E-state index in [4.69, 9.17) is 17.3 Å². The number of hydrogen-bond acceptors (Lipinski definition) is 3. The first-order chi connectivity index (χ1) is 11.5.